The van der Waals surface area contributed by atoms with E-state index in [1.54, 1.807) is 0 Å². The van der Waals surface area contributed by atoms with Gasteiger partial charge in [0.15, 0.2) is 0 Å². The molecule has 0 bridgehead atoms. The van der Waals surface area contributed by atoms with E-state index in [9.17, 15) is 0 Å². The molecule has 1 aromatic heterocycles. The van der Waals surface area contributed by atoms with Crippen molar-refractivity contribution in [1.82, 2.24) is 0 Å². The van der Waals surface area contributed by atoms with Gasteiger partial charge in [-0.1, -0.05) is 140 Å². The largest absolute Gasteiger partial charge is 0.135 e. The van der Waals surface area contributed by atoms with Gasteiger partial charge in [-0.25, -0.2) is 0 Å². The molecule has 0 amide bonds. The van der Waals surface area contributed by atoms with Crippen LogP contribution in [0.15, 0.2) is 170 Å². The van der Waals surface area contributed by atoms with Gasteiger partial charge in [-0.3, -0.25) is 0 Å². The summed E-state index contributed by atoms with van der Waals surface area (Å²) in [6.07, 6.45) is 0. The van der Waals surface area contributed by atoms with E-state index in [-0.39, 0.29) is 0 Å². The fourth-order valence-electron chi connectivity index (χ4n) is 8.38. The second-order valence-corrected chi connectivity index (χ2v) is 14.3. The molecule has 1 heterocycles. The Bertz CT molecular complexity index is 3090. The first kappa shape index (κ1) is 27.0. The molecule has 10 aromatic carbocycles. The quantitative estimate of drug-likeness (QED) is 0.134. The van der Waals surface area contributed by atoms with Crippen molar-refractivity contribution in [2.24, 2.45) is 0 Å². The minimum Gasteiger partial charge on any atom is -0.135 e. The van der Waals surface area contributed by atoms with Crippen molar-refractivity contribution in [3.63, 3.8) is 0 Å². The van der Waals surface area contributed by atoms with Crippen molar-refractivity contribution < 1.29 is 0 Å². The molecule has 0 radical (unpaired) electrons. The molecular formula is C48H28S. The number of fused-ring (bicyclic) bond motifs is 9. The number of rotatable bonds is 3. The van der Waals surface area contributed by atoms with Gasteiger partial charge in [0.05, 0.1) is 0 Å². The van der Waals surface area contributed by atoms with E-state index < -0.39 is 0 Å². The highest BCUT2D eigenvalue weighted by atomic mass is 32.1. The van der Waals surface area contributed by atoms with Gasteiger partial charge in [-0.05, 0) is 118 Å². The van der Waals surface area contributed by atoms with E-state index in [2.05, 4.69) is 170 Å². The maximum Gasteiger partial charge on any atom is 0.0433 e. The summed E-state index contributed by atoms with van der Waals surface area (Å²) < 4.78 is 2.69. The zero-order valence-electron chi connectivity index (χ0n) is 26.6. The summed E-state index contributed by atoms with van der Waals surface area (Å²) in [6.45, 7) is 0. The Hall–Kier alpha value is -6.02. The highest BCUT2D eigenvalue weighted by Gasteiger charge is 2.19. The zero-order chi connectivity index (χ0) is 32.1. The second kappa shape index (κ2) is 10.2. The predicted molar refractivity (Wildman–Crippen MR) is 214 cm³/mol. The van der Waals surface area contributed by atoms with Gasteiger partial charge in [-0.15, -0.1) is 11.3 Å². The van der Waals surface area contributed by atoms with Crippen LogP contribution < -0.4 is 0 Å². The molecule has 0 saturated heterocycles. The topological polar surface area (TPSA) is 0 Å². The van der Waals surface area contributed by atoms with Crippen LogP contribution in [0, 0.1) is 0 Å². The Labute approximate surface area is 287 Å². The van der Waals surface area contributed by atoms with Crippen LogP contribution in [0.5, 0.6) is 0 Å². The molecule has 0 nitrogen and oxygen atoms in total. The highest BCUT2D eigenvalue weighted by Crippen LogP contribution is 2.47. The summed E-state index contributed by atoms with van der Waals surface area (Å²) in [5.74, 6) is 0. The van der Waals surface area contributed by atoms with Gasteiger partial charge in [0.25, 0.3) is 0 Å². The first-order valence-electron chi connectivity index (χ1n) is 16.9. The maximum absolute atomic E-state index is 2.43. The summed E-state index contributed by atoms with van der Waals surface area (Å²) in [7, 11) is 0. The van der Waals surface area contributed by atoms with Crippen molar-refractivity contribution in [3.8, 4) is 33.4 Å². The van der Waals surface area contributed by atoms with Gasteiger partial charge >= 0.3 is 0 Å². The molecule has 0 aliphatic rings. The normalized spacial score (nSPS) is 12.1. The molecule has 1 heteroatoms. The van der Waals surface area contributed by atoms with Gasteiger partial charge in [0, 0.05) is 20.2 Å². The molecular weight excluding hydrogens is 609 g/mol. The molecule has 0 spiro atoms. The average Bonchev–Trinajstić information content (AvgIpc) is 3.56. The van der Waals surface area contributed by atoms with Crippen molar-refractivity contribution in [3.05, 3.63) is 170 Å². The third-order valence-corrected chi connectivity index (χ3v) is 11.8. The Kier molecular flexibility index (Phi) is 5.64. The third kappa shape index (κ3) is 3.91. The van der Waals surface area contributed by atoms with Gasteiger partial charge in [-0.2, -0.15) is 0 Å². The number of hydrogen-bond donors (Lipinski definition) is 0. The molecule has 49 heavy (non-hydrogen) atoms. The molecule has 0 atom stereocenters. The van der Waals surface area contributed by atoms with Crippen LogP contribution in [0.3, 0.4) is 0 Å². The first-order valence-corrected chi connectivity index (χ1v) is 17.7. The van der Waals surface area contributed by atoms with Crippen LogP contribution in [0.25, 0.3) is 107 Å². The summed E-state index contributed by atoms with van der Waals surface area (Å²) in [5, 5.41) is 15.9. The van der Waals surface area contributed by atoms with Crippen LogP contribution in [0.1, 0.15) is 0 Å². The predicted octanol–water partition coefficient (Wildman–Crippen LogP) is 14.3. The van der Waals surface area contributed by atoms with Crippen molar-refractivity contribution in [1.29, 1.82) is 0 Å². The van der Waals surface area contributed by atoms with E-state index in [1.807, 2.05) is 11.3 Å². The van der Waals surface area contributed by atoms with Crippen LogP contribution in [0.2, 0.25) is 0 Å². The van der Waals surface area contributed by atoms with Crippen molar-refractivity contribution in [2.45, 2.75) is 0 Å². The van der Waals surface area contributed by atoms with Crippen molar-refractivity contribution in [2.75, 3.05) is 0 Å². The van der Waals surface area contributed by atoms with Gasteiger partial charge < -0.3 is 0 Å². The summed E-state index contributed by atoms with van der Waals surface area (Å²) in [5.41, 5.74) is 7.52. The van der Waals surface area contributed by atoms with Crippen LogP contribution >= 0.6 is 11.3 Å². The molecule has 11 rings (SSSR count). The lowest BCUT2D eigenvalue weighted by Crippen LogP contribution is -1.91. The molecule has 0 aliphatic heterocycles. The van der Waals surface area contributed by atoms with Crippen LogP contribution in [0.4, 0.5) is 0 Å². The average molecular weight is 637 g/mol. The maximum atomic E-state index is 2.43. The first-order chi connectivity index (χ1) is 24.3. The summed E-state index contributed by atoms with van der Waals surface area (Å²) in [6, 6.07) is 63.2. The number of hydrogen-bond acceptors (Lipinski definition) is 1. The minimum absolute atomic E-state index is 1.23. The molecule has 0 fully saturated rings. The molecule has 0 aliphatic carbocycles. The Morgan fingerprint density at radius 2 is 0.796 bits per heavy atom. The smallest absolute Gasteiger partial charge is 0.0433 e. The van der Waals surface area contributed by atoms with E-state index >= 15 is 0 Å². The van der Waals surface area contributed by atoms with E-state index in [0.29, 0.717) is 0 Å². The van der Waals surface area contributed by atoms with E-state index in [4.69, 9.17) is 0 Å². The second-order valence-electron chi connectivity index (χ2n) is 13.2. The van der Waals surface area contributed by atoms with Crippen LogP contribution in [-0.2, 0) is 0 Å². The zero-order valence-corrected chi connectivity index (χ0v) is 27.4. The lowest BCUT2D eigenvalue weighted by atomic mass is 9.84. The molecule has 0 saturated carbocycles. The SMILES string of the molecule is c1ccc(-c2cc3c4ccccc4c4cccc5c6cc(-c7cccc(-c8cccc9c8sc8ccccc89)c7)ccc6c(c2)c3c45)cc1. The van der Waals surface area contributed by atoms with Gasteiger partial charge in [0.1, 0.15) is 0 Å². The van der Waals surface area contributed by atoms with Gasteiger partial charge in [0.2, 0.25) is 0 Å². The lowest BCUT2D eigenvalue weighted by molar-refractivity contribution is 1.63. The van der Waals surface area contributed by atoms with Crippen LogP contribution in [-0.4, -0.2) is 0 Å². The Balaban J connectivity index is 1.18. The summed E-state index contributed by atoms with van der Waals surface area (Å²) >= 11 is 1.89. The number of benzene rings is 10. The summed E-state index contributed by atoms with van der Waals surface area (Å²) in [4.78, 5) is 0. The molecule has 226 valence electrons. The fourth-order valence-corrected chi connectivity index (χ4v) is 9.62. The van der Waals surface area contributed by atoms with Crippen molar-refractivity contribution >= 4 is 85.4 Å². The number of thiophene rings is 1. The molecule has 11 aromatic rings. The lowest BCUT2D eigenvalue weighted by Gasteiger charge is -2.19. The molecule has 0 N–H and O–H groups in total. The highest BCUT2D eigenvalue weighted by molar-refractivity contribution is 7.26. The standard InChI is InChI=1S/C48H28S/c1-2-11-29(12-3-1)33-27-43-36-16-5-4-15-35(36)39-19-10-20-40-42-26-31(23-24-37(42)44(28-33)47(43)46(39)40)30-13-8-14-32(25-30)34-18-9-21-41-38-17-6-7-22-45(38)49-48(34)41/h1-28H. The minimum atomic E-state index is 1.23. The third-order valence-electron chi connectivity index (χ3n) is 10.6. The Morgan fingerprint density at radius 3 is 1.63 bits per heavy atom. The Morgan fingerprint density at radius 1 is 0.265 bits per heavy atom. The van der Waals surface area contributed by atoms with E-state index in [1.165, 1.54) is 107 Å². The fraction of sp³-hybridized carbons (Fsp3) is 0. The molecule has 0 unspecified atom stereocenters. The monoisotopic (exact) mass is 636 g/mol. The van der Waals surface area contributed by atoms with E-state index in [0.717, 1.165) is 0 Å².